The summed E-state index contributed by atoms with van der Waals surface area (Å²) in [6.07, 6.45) is 4.65. The molecule has 0 spiro atoms. The molecule has 0 atom stereocenters. The second-order valence-electron chi connectivity index (χ2n) is 11.8. The van der Waals surface area contributed by atoms with Crippen LogP contribution in [0.5, 0.6) is 0 Å². The number of benzene rings is 1. The van der Waals surface area contributed by atoms with Crippen molar-refractivity contribution in [3.05, 3.63) is 64.0 Å². The van der Waals surface area contributed by atoms with Gasteiger partial charge in [0.05, 0.1) is 11.7 Å². The molecule has 2 N–H and O–H groups in total. The van der Waals surface area contributed by atoms with Gasteiger partial charge in [-0.15, -0.1) is 0 Å². The van der Waals surface area contributed by atoms with Crippen LogP contribution in [0.15, 0.2) is 45.7 Å². The summed E-state index contributed by atoms with van der Waals surface area (Å²) in [5.41, 5.74) is 1.98. The predicted molar refractivity (Wildman–Crippen MR) is 151 cm³/mol. The highest BCUT2D eigenvalue weighted by Gasteiger charge is 2.42. The van der Waals surface area contributed by atoms with E-state index in [0.29, 0.717) is 23.3 Å². The third-order valence-electron chi connectivity index (χ3n) is 8.29. The van der Waals surface area contributed by atoms with Gasteiger partial charge in [0.15, 0.2) is 11.2 Å². The molecule has 1 fully saturated rings. The summed E-state index contributed by atoms with van der Waals surface area (Å²) in [4.78, 5) is 56.9. The van der Waals surface area contributed by atoms with Crippen molar-refractivity contribution in [1.82, 2.24) is 34.7 Å². The molecule has 0 saturated heterocycles. The largest absolute Gasteiger partial charge is 0.419 e. The van der Waals surface area contributed by atoms with Crippen LogP contribution < -0.4 is 16.4 Å². The first kappa shape index (κ1) is 28.1. The van der Waals surface area contributed by atoms with Gasteiger partial charge in [-0.2, -0.15) is 5.10 Å². The van der Waals surface area contributed by atoms with Crippen molar-refractivity contribution in [1.29, 1.82) is 0 Å². The van der Waals surface area contributed by atoms with Crippen molar-refractivity contribution in [3.63, 3.8) is 0 Å². The minimum absolute atomic E-state index is 0.0850. The lowest BCUT2D eigenvalue weighted by molar-refractivity contribution is -0.141. The maximum absolute atomic E-state index is 13.4. The quantitative estimate of drug-likeness (QED) is 0.353. The maximum Gasteiger partial charge on any atom is 0.419 e. The van der Waals surface area contributed by atoms with Gasteiger partial charge in [-0.1, -0.05) is 19.9 Å². The van der Waals surface area contributed by atoms with E-state index in [1.807, 2.05) is 6.92 Å². The Labute approximate surface area is 236 Å². The maximum atomic E-state index is 13.4. The van der Waals surface area contributed by atoms with E-state index in [2.05, 4.69) is 27.6 Å². The minimum Gasteiger partial charge on any atom is -0.408 e. The number of carbonyl (C=O) groups is 3. The van der Waals surface area contributed by atoms with Gasteiger partial charge in [0.1, 0.15) is 11.4 Å². The topological polar surface area (TPSA) is 144 Å². The molecule has 216 valence electrons. The molecule has 3 aromatic heterocycles. The summed E-state index contributed by atoms with van der Waals surface area (Å²) < 4.78 is 7.97. The van der Waals surface area contributed by atoms with Crippen LogP contribution in [0.3, 0.4) is 0 Å². The molecule has 1 aromatic carbocycles. The number of rotatable bonds is 7. The van der Waals surface area contributed by atoms with Crippen LogP contribution in [0.4, 0.5) is 0 Å². The average molecular weight is 562 g/mol. The molecule has 41 heavy (non-hydrogen) atoms. The van der Waals surface area contributed by atoms with Crippen LogP contribution in [-0.2, 0) is 18.4 Å². The lowest BCUT2D eigenvalue weighted by Gasteiger charge is -2.43. The highest BCUT2D eigenvalue weighted by atomic mass is 16.4. The number of nitrogens with zero attached hydrogens (tertiary/aromatic N) is 5. The van der Waals surface area contributed by atoms with E-state index in [4.69, 9.17) is 4.42 Å². The highest BCUT2D eigenvalue weighted by molar-refractivity contribution is 5.98. The minimum atomic E-state index is -0.458. The fourth-order valence-corrected chi connectivity index (χ4v) is 5.47. The van der Waals surface area contributed by atoms with Crippen LogP contribution in [0, 0.1) is 10.8 Å². The Hall–Kier alpha value is -4.48. The number of aryl methyl sites for hydroxylation is 1. The smallest absolute Gasteiger partial charge is 0.408 e. The van der Waals surface area contributed by atoms with Gasteiger partial charge in [0.2, 0.25) is 5.91 Å². The van der Waals surface area contributed by atoms with E-state index in [1.165, 1.54) is 21.3 Å². The van der Waals surface area contributed by atoms with Gasteiger partial charge >= 0.3 is 5.76 Å². The zero-order chi connectivity index (χ0) is 29.5. The van der Waals surface area contributed by atoms with Gasteiger partial charge < -0.3 is 20.0 Å². The van der Waals surface area contributed by atoms with Crippen molar-refractivity contribution in [2.24, 2.45) is 17.9 Å². The lowest BCUT2D eigenvalue weighted by atomic mass is 9.64. The Morgan fingerprint density at radius 2 is 1.76 bits per heavy atom. The van der Waals surface area contributed by atoms with Crippen molar-refractivity contribution < 1.29 is 18.8 Å². The molecular formula is C29H35N7O5. The molecule has 0 bridgehead atoms. The second kappa shape index (κ2) is 10.5. The van der Waals surface area contributed by atoms with Gasteiger partial charge in [-0.3, -0.25) is 19.0 Å². The third-order valence-corrected chi connectivity index (χ3v) is 8.29. The standard InChI is InChI=1S/C29H35N7O5/c1-28(9-11-29(2,12-10-28)26(39)34(3)4)17-31-25(38)21-15-19(33-23-8-13-32-36(21)23)24(37)30-16-18-6-7-22-20(14-18)35(5)27(40)41-22/h6-8,13-15H,9-12,16-17H2,1-5H3,(H,30,37)(H,31,38). The Morgan fingerprint density at radius 3 is 2.46 bits per heavy atom. The molecule has 4 aromatic rings. The van der Waals surface area contributed by atoms with Gasteiger partial charge in [-0.05, 0) is 48.8 Å². The summed E-state index contributed by atoms with van der Waals surface area (Å²) in [5.74, 6) is -1.13. The Bertz CT molecular complexity index is 1710. The second-order valence-corrected chi connectivity index (χ2v) is 11.8. The highest BCUT2D eigenvalue weighted by Crippen LogP contribution is 2.45. The molecule has 5 rings (SSSR count). The van der Waals surface area contributed by atoms with Crippen LogP contribution in [0.2, 0.25) is 0 Å². The van der Waals surface area contributed by atoms with Gasteiger partial charge in [0, 0.05) is 51.8 Å². The number of nitrogens with one attached hydrogen (secondary N) is 2. The number of hydrogen-bond donors (Lipinski definition) is 2. The fraction of sp³-hybridized carbons (Fsp3) is 0.448. The van der Waals surface area contributed by atoms with Crippen LogP contribution in [-0.4, -0.2) is 62.4 Å². The molecule has 0 aliphatic heterocycles. The van der Waals surface area contributed by atoms with Gasteiger partial charge in [0.25, 0.3) is 11.8 Å². The number of oxazole rings is 1. The summed E-state index contributed by atoms with van der Waals surface area (Å²) >= 11 is 0. The molecule has 12 nitrogen and oxygen atoms in total. The third kappa shape index (κ3) is 5.46. The average Bonchev–Trinajstić information content (AvgIpc) is 3.55. The first-order valence-electron chi connectivity index (χ1n) is 13.6. The number of aromatic nitrogens is 4. The van der Waals surface area contributed by atoms with E-state index in [0.717, 1.165) is 31.2 Å². The monoisotopic (exact) mass is 561 g/mol. The van der Waals surface area contributed by atoms with E-state index in [1.54, 1.807) is 50.3 Å². The van der Waals surface area contributed by atoms with Crippen molar-refractivity contribution in [3.8, 4) is 0 Å². The molecule has 0 unspecified atom stereocenters. The van der Waals surface area contributed by atoms with Crippen LogP contribution in [0.1, 0.15) is 66.1 Å². The molecule has 1 aliphatic carbocycles. The summed E-state index contributed by atoms with van der Waals surface area (Å²) in [6, 6.07) is 8.29. The predicted octanol–water partition coefficient (Wildman–Crippen LogP) is 2.51. The molecule has 3 amide bonds. The van der Waals surface area contributed by atoms with Crippen LogP contribution >= 0.6 is 0 Å². The van der Waals surface area contributed by atoms with Crippen molar-refractivity contribution in [2.75, 3.05) is 20.6 Å². The summed E-state index contributed by atoms with van der Waals surface area (Å²) in [6.45, 7) is 4.77. The van der Waals surface area contributed by atoms with E-state index in [9.17, 15) is 19.2 Å². The zero-order valence-electron chi connectivity index (χ0n) is 24.0. The van der Waals surface area contributed by atoms with E-state index in [-0.39, 0.29) is 40.6 Å². The molecule has 3 heterocycles. The van der Waals surface area contributed by atoms with Gasteiger partial charge in [-0.25, -0.2) is 14.3 Å². The Morgan fingerprint density at radius 1 is 1.02 bits per heavy atom. The first-order chi connectivity index (χ1) is 19.4. The number of hydrogen-bond acceptors (Lipinski definition) is 7. The molecule has 12 heteroatoms. The Balaban J connectivity index is 1.27. The molecule has 1 saturated carbocycles. The Kier molecular flexibility index (Phi) is 7.18. The fourth-order valence-electron chi connectivity index (χ4n) is 5.47. The SMILES string of the molecule is CN(C)C(=O)C1(C)CCC(C)(CNC(=O)c2cc(C(=O)NCc3ccc4oc(=O)n(C)c4c3)nc3ccnn23)CC1. The number of fused-ring (bicyclic) bond motifs is 2. The van der Waals surface area contributed by atoms with Crippen LogP contribution in [0.25, 0.3) is 16.7 Å². The lowest BCUT2D eigenvalue weighted by Crippen LogP contribution is -2.45. The van der Waals surface area contributed by atoms with E-state index < -0.39 is 11.7 Å². The molecule has 0 radical (unpaired) electrons. The van der Waals surface area contributed by atoms with Crippen molar-refractivity contribution >= 4 is 34.5 Å². The number of amides is 3. The van der Waals surface area contributed by atoms with E-state index >= 15 is 0 Å². The normalized spacial score (nSPS) is 20.7. The molecule has 1 aliphatic rings. The molecular weight excluding hydrogens is 526 g/mol. The first-order valence-corrected chi connectivity index (χ1v) is 13.6. The van der Waals surface area contributed by atoms with Crippen molar-refractivity contribution in [2.45, 2.75) is 46.1 Å². The number of carbonyl (C=O) groups excluding carboxylic acids is 3. The summed E-state index contributed by atoms with van der Waals surface area (Å²) in [7, 11) is 5.18. The summed E-state index contributed by atoms with van der Waals surface area (Å²) in [5, 5.41) is 10.1. The zero-order valence-corrected chi connectivity index (χ0v) is 24.0.